The third kappa shape index (κ3) is 4.84. The van der Waals surface area contributed by atoms with E-state index in [-0.39, 0.29) is 5.91 Å². The highest BCUT2D eigenvalue weighted by Gasteiger charge is 2.18. The van der Waals surface area contributed by atoms with Crippen molar-refractivity contribution in [1.29, 1.82) is 0 Å². The van der Waals surface area contributed by atoms with E-state index in [1.165, 1.54) is 24.8 Å². The second-order valence-electron chi connectivity index (χ2n) is 7.42. The van der Waals surface area contributed by atoms with Crippen molar-refractivity contribution in [2.45, 2.75) is 64.6 Å². The van der Waals surface area contributed by atoms with Gasteiger partial charge in [0.05, 0.1) is 5.56 Å². The van der Waals surface area contributed by atoms with E-state index in [1.54, 1.807) is 6.20 Å². The fraction of sp³-hybridized carbons (Fsp3) is 0.455. The summed E-state index contributed by atoms with van der Waals surface area (Å²) in [5, 5.41) is 3.15. The number of carbonyl (C=O) groups is 1. The molecule has 0 atom stereocenters. The lowest BCUT2D eigenvalue weighted by Gasteiger charge is -2.28. The highest BCUT2D eigenvalue weighted by atomic mass is 16.1. The van der Waals surface area contributed by atoms with Crippen molar-refractivity contribution in [3.8, 4) is 0 Å². The van der Waals surface area contributed by atoms with Gasteiger partial charge in [-0.3, -0.25) is 4.79 Å². The van der Waals surface area contributed by atoms with Gasteiger partial charge in [-0.2, -0.15) is 0 Å². The lowest BCUT2D eigenvalue weighted by Crippen LogP contribution is -2.36. The molecule has 0 bridgehead atoms. The number of rotatable bonds is 6. The Morgan fingerprint density at radius 1 is 1.12 bits per heavy atom. The predicted molar refractivity (Wildman–Crippen MR) is 106 cm³/mol. The van der Waals surface area contributed by atoms with E-state index < -0.39 is 0 Å². The molecule has 1 saturated carbocycles. The van der Waals surface area contributed by atoms with Crippen molar-refractivity contribution >= 4 is 11.7 Å². The summed E-state index contributed by atoms with van der Waals surface area (Å²) in [5.74, 6) is 0.896. The van der Waals surface area contributed by atoms with Gasteiger partial charge < -0.3 is 10.2 Å². The molecular formula is C22H29N3O. The topological polar surface area (TPSA) is 45.2 Å². The van der Waals surface area contributed by atoms with Gasteiger partial charge in [-0.15, -0.1) is 0 Å². The Balaban J connectivity index is 1.67. The first-order chi connectivity index (χ1) is 12.6. The zero-order valence-electron chi connectivity index (χ0n) is 15.8. The first-order valence-electron chi connectivity index (χ1n) is 9.71. The SMILES string of the molecule is CC(C)N(Cc1ccccc1)c1ccc(C(=O)NC2CCCCC2)cn1. The summed E-state index contributed by atoms with van der Waals surface area (Å²) in [6.45, 7) is 5.13. The van der Waals surface area contributed by atoms with E-state index >= 15 is 0 Å². The van der Waals surface area contributed by atoms with Crippen molar-refractivity contribution < 1.29 is 4.79 Å². The summed E-state index contributed by atoms with van der Waals surface area (Å²) in [6, 6.07) is 14.9. The minimum Gasteiger partial charge on any atom is -0.350 e. The number of aromatic nitrogens is 1. The number of hydrogen-bond donors (Lipinski definition) is 1. The number of pyridine rings is 1. The van der Waals surface area contributed by atoms with Gasteiger partial charge in [0.25, 0.3) is 5.91 Å². The van der Waals surface area contributed by atoms with Crippen LogP contribution in [0.15, 0.2) is 48.7 Å². The molecule has 1 aliphatic rings. The van der Waals surface area contributed by atoms with Gasteiger partial charge in [0.1, 0.15) is 5.82 Å². The Hall–Kier alpha value is -2.36. The highest BCUT2D eigenvalue weighted by Crippen LogP contribution is 2.20. The average molecular weight is 351 g/mol. The van der Waals surface area contributed by atoms with Crippen molar-refractivity contribution in [3.63, 3.8) is 0 Å². The van der Waals surface area contributed by atoms with Gasteiger partial charge in [-0.1, -0.05) is 49.6 Å². The molecule has 2 aromatic rings. The van der Waals surface area contributed by atoms with Gasteiger partial charge in [0.2, 0.25) is 0 Å². The largest absolute Gasteiger partial charge is 0.350 e. The van der Waals surface area contributed by atoms with Crippen LogP contribution in [0.5, 0.6) is 0 Å². The zero-order chi connectivity index (χ0) is 18.4. The van der Waals surface area contributed by atoms with E-state index in [0.29, 0.717) is 17.6 Å². The van der Waals surface area contributed by atoms with Crippen LogP contribution >= 0.6 is 0 Å². The minimum absolute atomic E-state index is 0.00453. The van der Waals surface area contributed by atoms with Crippen LogP contribution in [0.2, 0.25) is 0 Å². The van der Waals surface area contributed by atoms with E-state index in [2.05, 4.69) is 53.3 Å². The van der Waals surface area contributed by atoms with Crippen molar-refractivity contribution in [2.75, 3.05) is 4.90 Å². The van der Waals surface area contributed by atoms with Crippen LogP contribution < -0.4 is 10.2 Å². The summed E-state index contributed by atoms with van der Waals surface area (Å²) >= 11 is 0. The van der Waals surface area contributed by atoms with Crippen LogP contribution in [-0.2, 0) is 6.54 Å². The lowest BCUT2D eigenvalue weighted by atomic mass is 9.95. The van der Waals surface area contributed by atoms with Crippen LogP contribution in [0.1, 0.15) is 61.9 Å². The molecule has 1 fully saturated rings. The molecule has 4 heteroatoms. The molecule has 0 aliphatic heterocycles. The summed E-state index contributed by atoms with van der Waals surface area (Å²) in [5.41, 5.74) is 1.89. The number of nitrogens with one attached hydrogen (secondary N) is 1. The molecule has 1 aliphatic carbocycles. The van der Waals surface area contributed by atoms with Crippen LogP contribution in [0.4, 0.5) is 5.82 Å². The van der Waals surface area contributed by atoms with Crippen molar-refractivity contribution in [3.05, 3.63) is 59.8 Å². The molecule has 26 heavy (non-hydrogen) atoms. The molecule has 1 aromatic carbocycles. The fourth-order valence-corrected chi connectivity index (χ4v) is 3.51. The van der Waals surface area contributed by atoms with Crippen LogP contribution in [0, 0.1) is 0 Å². The fourth-order valence-electron chi connectivity index (χ4n) is 3.51. The number of anilines is 1. The first-order valence-corrected chi connectivity index (χ1v) is 9.71. The molecule has 1 amide bonds. The van der Waals surface area contributed by atoms with Gasteiger partial charge in [0.15, 0.2) is 0 Å². The Morgan fingerprint density at radius 3 is 2.46 bits per heavy atom. The molecule has 3 rings (SSSR count). The molecule has 0 spiro atoms. The maximum Gasteiger partial charge on any atom is 0.253 e. The van der Waals surface area contributed by atoms with Crippen LogP contribution in [0.3, 0.4) is 0 Å². The van der Waals surface area contributed by atoms with E-state index in [4.69, 9.17) is 0 Å². The Labute approximate surface area is 156 Å². The molecule has 4 nitrogen and oxygen atoms in total. The maximum absolute atomic E-state index is 12.5. The molecular weight excluding hydrogens is 322 g/mol. The molecule has 0 radical (unpaired) electrons. The summed E-state index contributed by atoms with van der Waals surface area (Å²) in [4.78, 5) is 19.3. The molecule has 1 heterocycles. The van der Waals surface area contributed by atoms with Crippen LogP contribution in [-0.4, -0.2) is 23.0 Å². The van der Waals surface area contributed by atoms with E-state index in [0.717, 1.165) is 25.2 Å². The summed E-state index contributed by atoms with van der Waals surface area (Å²) in [6.07, 6.45) is 7.60. The number of amides is 1. The van der Waals surface area contributed by atoms with Gasteiger partial charge in [-0.25, -0.2) is 4.98 Å². The number of carbonyl (C=O) groups excluding carboxylic acids is 1. The van der Waals surface area contributed by atoms with Gasteiger partial charge in [0, 0.05) is 24.8 Å². The van der Waals surface area contributed by atoms with E-state index in [1.807, 2.05) is 18.2 Å². The molecule has 1 N–H and O–H groups in total. The average Bonchev–Trinajstić information content (AvgIpc) is 2.67. The Morgan fingerprint density at radius 2 is 1.85 bits per heavy atom. The molecule has 0 unspecified atom stereocenters. The normalized spacial score (nSPS) is 15.0. The monoisotopic (exact) mass is 351 g/mol. The third-order valence-electron chi connectivity index (χ3n) is 5.06. The summed E-state index contributed by atoms with van der Waals surface area (Å²) in [7, 11) is 0. The first kappa shape index (κ1) is 18.4. The van der Waals surface area contributed by atoms with Gasteiger partial charge in [-0.05, 0) is 44.4 Å². The second-order valence-corrected chi connectivity index (χ2v) is 7.42. The van der Waals surface area contributed by atoms with Crippen molar-refractivity contribution in [1.82, 2.24) is 10.3 Å². The standard InChI is InChI=1S/C22H29N3O/c1-17(2)25(16-18-9-5-3-6-10-18)21-14-13-19(15-23-21)22(26)24-20-11-7-4-8-12-20/h3,5-6,9-10,13-15,17,20H,4,7-8,11-12,16H2,1-2H3,(H,24,26). The summed E-state index contributed by atoms with van der Waals surface area (Å²) < 4.78 is 0. The molecule has 1 aromatic heterocycles. The third-order valence-corrected chi connectivity index (χ3v) is 5.06. The van der Waals surface area contributed by atoms with Crippen LogP contribution in [0.25, 0.3) is 0 Å². The number of nitrogens with zero attached hydrogens (tertiary/aromatic N) is 2. The predicted octanol–water partition coefficient (Wildman–Crippen LogP) is 4.56. The lowest BCUT2D eigenvalue weighted by molar-refractivity contribution is 0.0927. The number of benzene rings is 1. The minimum atomic E-state index is -0.00453. The highest BCUT2D eigenvalue weighted by molar-refractivity contribution is 5.94. The van der Waals surface area contributed by atoms with E-state index in [9.17, 15) is 4.79 Å². The zero-order valence-corrected chi connectivity index (χ0v) is 15.8. The molecule has 0 saturated heterocycles. The quantitative estimate of drug-likeness (QED) is 0.830. The smallest absolute Gasteiger partial charge is 0.253 e. The second kappa shape index (κ2) is 8.84. The van der Waals surface area contributed by atoms with Gasteiger partial charge >= 0.3 is 0 Å². The number of hydrogen-bond acceptors (Lipinski definition) is 3. The Bertz CT molecular complexity index is 691. The maximum atomic E-state index is 12.5. The van der Waals surface area contributed by atoms with Crippen molar-refractivity contribution in [2.24, 2.45) is 0 Å². The Kier molecular flexibility index (Phi) is 6.26. The molecule has 138 valence electrons.